The quantitative estimate of drug-likeness (QED) is 0.102. The first-order valence-electron chi connectivity index (χ1n) is 16.1. The van der Waals surface area contributed by atoms with Crippen molar-refractivity contribution in [1.82, 2.24) is 14.7 Å². The molecule has 10 nitrogen and oxygen atoms in total. The van der Waals surface area contributed by atoms with E-state index in [9.17, 15) is 19.2 Å². The Hall–Kier alpha value is -5.81. The first-order chi connectivity index (χ1) is 24.0. The Kier molecular flexibility index (Phi) is 11.4. The molecule has 5 rings (SSSR count). The molecule has 0 radical (unpaired) electrons. The van der Waals surface area contributed by atoms with Crippen molar-refractivity contribution in [3.05, 3.63) is 142 Å². The van der Waals surface area contributed by atoms with Gasteiger partial charge in [-0.25, -0.2) is 4.68 Å². The Morgan fingerprint density at radius 2 is 1.52 bits per heavy atom. The summed E-state index contributed by atoms with van der Waals surface area (Å²) >= 11 is 1.33. The number of hydrogen-bond acceptors (Lipinski definition) is 6. The van der Waals surface area contributed by atoms with Crippen LogP contribution in [0.25, 0.3) is 11.8 Å². The topological polar surface area (TPSA) is 117 Å². The predicted octanol–water partition coefficient (Wildman–Crippen LogP) is 6.47. The van der Waals surface area contributed by atoms with Crippen LogP contribution in [0.2, 0.25) is 0 Å². The summed E-state index contributed by atoms with van der Waals surface area (Å²) < 4.78 is 3.24. The molecule has 3 amide bonds. The fourth-order valence-corrected chi connectivity index (χ4v) is 6.24. The molecule has 0 aliphatic carbocycles. The van der Waals surface area contributed by atoms with Gasteiger partial charge in [-0.05, 0) is 79.6 Å². The molecule has 50 heavy (non-hydrogen) atoms. The zero-order chi connectivity index (χ0) is 35.8. The third-order valence-corrected chi connectivity index (χ3v) is 9.44. The zero-order valence-corrected chi connectivity index (χ0v) is 29.5. The van der Waals surface area contributed by atoms with Gasteiger partial charge in [-0.15, -0.1) is 11.8 Å². The molecule has 1 unspecified atom stereocenters. The van der Waals surface area contributed by atoms with Crippen molar-refractivity contribution in [2.75, 3.05) is 29.6 Å². The monoisotopic (exact) mass is 688 g/mol. The smallest absolute Gasteiger partial charge is 0.295 e. The number of para-hydroxylation sites is 1. The number of thioether (sulfide) groups is 1. The predicted molar refractivity (Wildman–Crippen MR) is 202 cm³/mol. The van der Waals surface area contributed by atoms with Crippen LogP contribution in [0.3, 0.4) is 0 Å². The highest BCUT2D eigenvalue weighted by molar-refractivity contribution is 8.00. The van der Waals surface area contributed by atoms with Crippen molar-refractivity contribution < 1.29 is 14.4 Å². The number of aromatic nitrogens is 2. The Morgan fingerprint density at radius 1 is 0.860 bits per heavy atom. The van der Waals surface area contributed by atoms with Gasteiger partial charge in [0.05, 0.1) is 16.6 Å². The van der Waals surface area contributed by atoms with Crippen molar-refractivity contribution in [1.29, 1.82) is 0 Å². The van der Waals surface area contributed by atoms with Gasteiger partial charge < -0.3 is 20.9 Å². The normalized spacial score (nSPS) is 11.8. The molecule has 0 bridgehead atoms. The van der Waals surface area contributed by atoms with Crippen LogP contribution in [0.4, 0.5) is 17.1 Å². The molecule has 11 heteroatoms. The second-order valence-corrected chi connectivity index (χ2v) is 13.1. The van der Waals surface area contributed by atoms with Crippen LogP contribution in [0.5, 0.6) is 0 Å². The van der Waals surface area contributed by atoms with Crippen LogP contribution in [0.15, 0.2) is 125 Å². The minimum atomic E-state index is -0.518. The summed E-state index contributed by atoms with van der Waals surface area (Å²) in [5.41, 5.74) is 3.96. The van der Waals surface area contributed by atoms with Crippen LogP contribution < -0.4 is 26.4 Å². The lowest BCUT2D eigenvalue weighted by molar-refractivity contribution is -0.116. The highest BCUT2D eigenvalue weighted by Crippen LogP contribution is 2.29. The Bertz CT molecular complexity index is 2070. The molecule has 0 spiro atoms. The maximum atomic E-state index is 13.6. The highest BCUT2D eigenvalue weighted by atomic mass is 32.2. The van der Waals surface area contributed by atoms with Gasteiger partial charge in [0.25, 0.3) is 17.4 Å². The number of hydrogen-bond donors (Lipinski definition) is 3. The van der Waals surface area contributed by atoms with E-state index >= 15 is 0 Å². The van der Waals surface area contributed by atoms with Crippen molar-refractivity contribution >= 4 is 52.6 Å². The molecule has 0 aliphatic heterocycles. The third-order valence-electron chi connectivity index (χ3n) is 8.09. The van der Waals surface area contributed by atoms with Gasteiger partial charge in [0, 0.05) is 43.0 Å². The molecule has 1 atom stereocenters. The first kappa shape index (κ1) is 35.5. The lowest BCUT2D eigenvalue weighted by Gasteiger charge is -2.16. The molecule has 0 saturated heterocycles. The molecule has 0 saturated carbocycles. The molecule has 0 aliphatic rings. The van der Waals surface area contributed by atoms with Gasteiger partial charge >= 0.3 is 0 Å². The summed E-state index contributed by atoms with van der Waals surface area (Å²) in [6.07, 6.45) is 2.12. The van der Waals surface area contributed by atoms with Crippen molar-refractivity contribution in [3.8, 4) is 5.69 Å². The van der Waals surface area contributed by atoms with Gasteiger partial charge in [-0.2, -0.15) is 0 Å². The minimum absolute atomic E-state index is 0.0692. The number of carbonyl (C=O) groups excluding carboxylic acids is 3. The van der Waals surface area contributed by atoms with E-state index in [4.69, 9.17) is 0 Å². The Morgan fingerprint density at radius 3 is 2.16 bits per heavy atom. The maximum absolute atomic E-state index is 13.6. The number of nitrogens with one attached hydrogen (secondary N) is 3. The van der Waals surface area contributed by atoms with Crippen molar-refractivity contribution in [2.45, 2.75) is 30.4 Å². The molecular formula is C39H40N6O4S. The molecule has 1 aromatic heterocycles. The van der Waals surface area contributed by atoms with Crippen LogP contribution in [-0.4, -0.2) is 46.4 Å². The minimum Gasteiger partial charge on any atom is -0.378 e. The Balaban J connectivity index is 1.33. The number of benzene rings is 4. The molecular weight excluding hydrogens is 649 g/mol. The molecule has 0 fully saturated rings. The summed E-state index contributed by atoms with van der Waals surface area (Å²) in [6, 6.07) is 32.7. The maximum Gasteiger partial charge on any atom is 0.295 e. The number of anilines is 3. The fraction of sp³-hybridized carbons (Fsp3) is 0.179. The molecule has 256 valence electrons. The largest absolute Gasteiger partial charge is 0.378 e. The number of nitrogens with zero attached hydrogens (tertiary/aromatic N) is 3. The van der Waals surface area contributed by atoms with Crippen LogP contribution in [0, 0.1) is 6.92 Å². The number of rotatable bonds is 12. The average Bonchev–Trinajstić information content (AvgIpc) is 3.33. The van der Waals surface area contributed by atoms with E-state index in [0.717, 1.165) is 16.1 Å². The van der Waals surface area contributed by atoms with E-state index in [1.54, 1.807) is 67.2 Å². The average molecular weight is 689 g/mol. The Labute approximate surface area is 295 Å². The zero-order valence-electron chi connectivity index (χ0n) is 28.6. The summed E-state index contributed by atoms with van der Waals surface area (Å²) in [7, 11) is 5.66. The second-order valence-electron chi connectivity index (χ2n) is 11.8. The van der Waals surface area contributed by atoms with Gasteiger partial charge in [0.15, 0.2) is 0 Å². The summed E-state index contributed by atoms with van der Waals surface area (Å²) in [6.45, 7) is 3.70. The summed E-state index contributed by atoms with van der Waals surface area (Å²) in [4.78, 5) is 56.3. The molecule has 1 heterocycles. The fourth-order valence-electron chi connectivity index (χ4n) is 5.23. The molecule has 3 N–H and O–H groups in total. The summed E-state index contributed by atoms with van der Waals surface area (Å²) in [5, 5.41) is 8.02. The standard InChI is InChI=1S/C39H40N6O4S/c1-6-34(38(48)42-35-26(2)44(5)45(39(35)49)31-17-11-8-12-18-31)50-32-19-13-16-29(25-32)40-37(47)33(41-36(46)28-14-9-7-10-15-28)24-27-20-22-30(23-21-27)43(3)4/h7-25,34H,6H2,1-5H3,(H,40,47)(H,41,46)(H,42,48)/b33-24+. The van der Waals surface area contributed by atoms with Crippen LogP contribution in [0.1, 0.15) is 35.0 Å². The van der Waals surface area contributed by atoms with Crippen LogP contribution >= 0.6 is 11.8 Å². The first-order valence-corrected chi connectivity index (χ1v) is 17.0. The highest BCUT2D eigenvalue weighted by Gasteiger charge is 2.24. The van der Waals surface area contributed by atoms with Gasteiger partial charge in [-0.1, -0.05) is 61.5 Å². The van der Waals surface area contributed by atoms with Crippen molar-refractivity contribution in [3.63, 3.8) is 0 Å². The van der Waals surface area contributed by atoms with Gasteiger partial charge in [0.2, 0.25) is 5.91 Å². The summed E-state index contributed by atoms with van der Waals surface area (Å²) in [5.74, 6) is -1.22. The van der Waals surface area contributed by atoms with E-state index < -0.39 is 17.1 Å². The number of carbonyl (C=O) groups is 3. The molecule has 5 aromatic rings. The van der Waals surface area contributed by atoms with Gasteiger partial charge in [0.1, 0.15) is 11.4 Å². The van der Waals surface area contributed by atoms with E-state index in [-0.39, 0.29) is 22.9 Å². The van der Waals surface area contributed by atoms with E-state index in [1.807, 2.05) is 92.6 Å². The SMILES string of the molecule is CCC(Sc1cccc(NC(=O)/C(=C\c2ccc(N(C)C)cc2)NC(=O)c2ccccc2)c1)C(=O)Nc1c(C)n(C)n(-c2ccccc2)c1=O. The van der Waals surface area contributed by atoms with Crippen molar-refractivity contribution in [2.24, 2.45) is 7.05 Å². The van der Waals surface area contributed by atoms with Crippen LogP contribution in [-0.2, 0) is 16.6 Å². The van der Waals surface area contributed by atoms with Gasteiger partial charge in [-0.3, -0.25) is 23.9 Å². The third kappa shape index (κ3) is 8.42. The second kappa shape index (κ2) is 16.1. The molecule has 4 aromatic carbocycles. The van der Waals surface area contributed by atoms with E-state index in [0.29, 0.717) is 29.1 Å². The van der Waals surface area contributed by atoms with E-state index in [2.05, 4.69) is 16.0 Å². The lowest BCUT2D eigenvalue weighted by atomic mass is 10.1. The lowest BCUT2D eigenvalue weighted by Crippen LogP contribution is -2.30. The number of amides is 3. The van der Waals surface area contributed by atoms with E-state index in [1.165, 1.54) is 16.4 Å².